The lowest BCUT2D eigenvalue weighted by Gasteiger charge is -2.33. The van der Waals surface area contributed by atoms with E-state index in [-0.39, 0.29) is 12.5 Å². The van der Waals surface area contributed by atoms with Crippen LogP contribution in [0.3, 0.4) is 0 Å². The summed E-state index contributed by atoms with van der Waals surface area (Å²) in [7, 11) is 3.51. The minimum atomic E-state index is 0.00281. The number of rotatable bonds is 7. The van der Waals surface area contributed by atoms with Crippen LogP contribution in [0.25, 0.3) is 0 Å². The molecule has 2 rings (SSSR count). The van der Waals surface area contributed by atoms with E-state index < -0.39 is 0 Å². The smallest absolute Gasteiger partial charge is 0.243 e. The molecule has 1 aliphatic heterocycles. The summed E-state index contributed by atoms with van der Waals surface area (Å²) >= 11 is 5.97. The van der Waals surface area contributed by atoms with Gasteiger partial charge in [0.2, 0.25) is 5.91 Å². The number of benzene rings is 1. The van der Waals surface area contributed by atoms with Crippen molar-refractivity contribution in [1.29, 1.82) is 0 Å². The summed E-state index contributed by atoms with van der Waals surface area (Å²) < 4.78 is 0. The molecule has 7 heteroatoms. The van der Waals surface area contributed by atoms with Crippen molar-refractivity contribution >= 4 is 23.5 Å². The van der Waals surface area contributed by atoms with Crippen LogP contribution in [0, 0.1) is 0 Å². The standard InChI is InChI=1S/C21H34ClN5O/c1-5-16(2)24-21(23-14-20(28)26(3)4)25-19-10-12-27(13-11-19)15-17-6-8-18(22)9-7-17/h6-9,16,19H,5,10-15H2,1-4H3,(H2,23,24,25). The predicted octanol–water partition coefficient (Wildman–Crippen LogP) is 2.73. The maximum absolute atomic E-state index is 11.9. The van der Waals surface area contributed by atoms with E-state index in [1.165, 1.54) is 5.56 Å². The van der Waals surface area contributed by atoms with E-state index in [0.717, 1.165) is 49.9 Å². The van der Waals surface area contributed by atoms with Gasteiger partial charge in [0.1, 0.15) is 6.54 Å². The Balaban J connectivity index is 1.86. The Morgan fingerprint density at radius 1 is 1.29 bits per heavy atom. The molecule has 1 atom stereocenters. The highest BCUT2D eigenvalue weighted by Gasteiger charge is 2.20. The van der Waals surface area contributed by atoms with Crippen molar-refractivity contribution in [2.75, 3.05) is 33.7 Å². The van der Waals surface area contributed by atoms with Crippen LogP contribution in [-0.2, 0) is 11.3 Å². The SMILES string of the molecule is CCC(C)NC(=NCC(=O)N(C)C)NC1CCN(Cc2ccc(Cl)cc2)CC1. The number of amides is 1. The highest BCUT2D eigenvalue weighted by molar-refractivity contribution is 6.30. The first-order valence-electron chi connectivity index (χ1n) is 10.1. The molecule has 28 heavy (non-hydrogen) atoms. The third kappa shape index (κ3) is 7.68. The first kappa shape index (κ1) is 22.5. The van der Waals surface area contributed by atoms with Gasteiger partial charge in [0.05, 0.1) is 0 Å². The average molecular weight is 408 g/mol. The quantitative estimate of drug-likeness (QED) is 0.539. The topological polar surface area (TPSA) is 60.0 Å². The number of nitrogens with one attached hydrogen (secondary N) is 2. The molecular formula is C21H34ClN5O. The number of aliphatic imine (C=N–C) groups is 1. The van der Waals surface area contributed by atoms with Crippen molar-refractivity contribution in [2.24, 2.45) is 4.99 Å². The fourth-order valence-electron chi connectivity index (χ4n) is 3.03. The molecule has 0 radical (unpaired) electrons. The zero-order valence-corrected chi connectivity index (χ0v) is 18.3. The van der Waals surface area contributed by atoms with Crippen LogP contribution in [-0.4, -0.2) is 67.5 Å². The van der Waals surface area contributed by atoms with Gasteiger partial charge in [0.15, 0.2) is 5.96 Å². The predicted molar refractivity (Wildman–Crippen MR) is 117 cm³/mol. The lowest BCUT2D eigenvalue weighted by Crippen LogP contribution is -2.50. The molecule has 1 aromatic rings. The van der Waals surface area contributed by atoms with Crippen LogP contribution < -0.4 is 10.6 Å². The van der Waals surface area contributed by atoms with Crippen molar-refractivity contribution in [1.82, 2.24) is 20.4 Å². The van der Waals surface area contributed by atoms with Gasteiger partial charge >= 0.3 is 0 Å². The zero-order chi connectivity index (χ0) is 20.5. The summed E-state index contributed by atoms with van der Waals surface area (Å²) in [6.45, 7) is 7.44. The molecule has 1 aliphatic rings. The summed E-state index contributed by atoms with van der Waals surface area (Å²) in [6.07, 6.45) is 3.11. The molecule has 6 nitrogen and oxygen atoms in total. The monoisotopic (exact) mass is 407 g/mol. The Kier molecular flexibility index (Phi) is 9.06. The Morgan fingerprint density at radius 3 is 2.50 bits per heavy atom. The number of likely N-dealkylation sites (N-methyl/N-ethyl adjacent to an activating group) is 1. The maximum atomic E-state index is 11.9. The second-order valence-corrected chi connectivity index (χ2v) is 8.16. The number of piperidine rings is 1. The van der Waals surface area contributed by atoms with Crippen molar-refractivity contribution < 1.29 is 4.79 Å². The average Bonchev–Trinajstić information content (AvgIpc) is 2.68. The van der Waals surface area contributed by atoms with E-state index in [2.05, 4.69) is 46.5 Å². The summed E-state index contributed by atoms with van der Waals surface area (Å²) in [5.41, 5.74) is 1.29. The van der Waals surface area contributed by atoms with E-state index in [1.807, 2.05) is 12.1 Å². The van der Waals surface area contributed by atoms with Crippen LogP contribution in [0.5, 0.6) is 0 Å². The summed E-state index contributed by atoms with van der Waals surface area (Å²) in [4.78, 5) is 20.4. The van der Waals surface area contributed by atoms with Crippen LogP contribution in [0.1, 0.15) is 38.7 Å². The molecular weight excluding hydrogens is 374 g/mol. The second-order valence-electron chi connectivity index (χ2n) is 7.73. The van der Waals surface area contributed by atoms with Gasteiger partial charge in [0, 0.05) is 50.8 Å². The van der Waals surface area contributed by atoms with Gasteiger partial charge in [0.25, 0.3) is 0 Å². The number of carbonyl (C=O) groups is 1. The lowest BCUT2D eigenvalue weighted by atomic mass is 10.0. The number of guanidine groups is 1. The normalized spacial score (nSPS) is 17.2. The Morgan fingerprint density at radius 2 is 1.93 bits per heavy atom. The van der Waals surface area contributed by atoms with Crippen LogP contribution in [0.4, 0.5) is 0 Å². The molecule has 2 N–H and O–H groups in total. The van der Waals surface area contributed by atoms with Gasteiger partial charge < -0.3 is 15.5 Å². The third-order valence-electron chi connectivity index (χ3n) is 5.11. The first-order valence-corrected chi connectivity index (χ1v) is 10.5. The highest BCUT2D eigenvalue weighted by atomic mass is 35.5. The fraction of sp³-hybridized carbons (Fsp3) is 0.619. The Bertz CT molecular complexity index is 639. The van der Waals surface area contributed by atoms with Gasteiger partial charge in [-0.15, -0.1) is 0 Å². The largest absolute Gasteiger partial charge is 0.354 e. The molecule has 0 spiro atoms. The third-order valence-corrected chi connectivity index (χ3v) is 5.37. The maximum Gasteiger partial charge on any atom is 0.243 e. The highest BCUT2D eigenvalue weighted by Crippen LogP contribution is 2.16. The van der Waals surface area contributed by atoms with Gasteiger partial charge in [-0.25, -0.2) is 4.99 Å². The molecule has 1 fully saturated rings. The van der Waals surface area contributed by atoms with E-state index in [4.69, 9.17) is 11.6 Å². The van der Waals surface area contributed by atoms with Crippen LogP contribution in [0.15, 0.2) is 29.3 Å². The molecule has 0 aliphatic carbocycles. The van der Waals surface area contributed by atoms with Crippen molar-refractivity contribution in [3.63, 3.8) is 0 Å². The molecule has 1 heterocycles. The number of hydrogen-bond acceptors (Lipinski definition) is 3. The minimum absolute atomic E-state index is 0.00281. The van der Waals surface area contributed by atoms with E-state index in [9.17, 15) is 4.79 Å². The Labute approximate surface area is 174 Å². The van der Waals surface area contributed by atoms with Crippen molar-refractivity contribution in [2.45, 2.75) is 51.7 Å². The van der Waals surface area contributed by atoms with Gasteiger partial charge in [-0.3, -0.25) is 9.69 Å². The number of carbonyl (C=O) groups excluding carboxylic acids is 1. The van der Waals surface area contributed by atoms with Gasteiger partial charge in [-0.2, -0.15) is 0 Å². The minimum Gasteiger partial charge on any atom is -0.354 e. The number of hydrogen-bond donors (Lipinski definition) is 2. The van der Waals surface area contributed by atoms with E-state index in [1.54, 1.807) is 19.0 Å². The molecule has 0 saturated carbocycles. The first-order chi connectivity index (χ1) is 13.4. The van der Waals surface area contributed by atoms with Gasteiger partial charge in [-0.05, 0) is 43.9 Å². The molecule has 0 aromatic heterocycles. The Hall–Kier alpha value is -1.79. The fourth-order valence-corrected chi connectivity index (χ4v) is 3.16. The molecule has 1 unspecified atom stereocenters. The van der Waals surface area contributed by atoms with E-state index in [0.29, 0.717) is 12.1 Å². The van der Waals surface area contributed by atoms with Crippen LogP contribution >= 0.6 is 11.6 Å². The summed E-state index contributed by atoms with van der Waals surface area (Å²) in [5, 5.41) is 7.72. The van der Waals surface area contributed by atoms with Gasteiger partial charge in [-0.1, -0.05) is 30.7 Å². The second kappa shape index (κ2) is 11.3. The molecule has 156 valence electrons. The zero-order valence-electron chi connectivity index (χ0n) is 17.5. The molecule has 1 amide bonds. The van der Waals surface area contributed by atoms with Crippen molar-refractivity contribution in [3.8, 4) is 0 Å². The van der Waals surface area contributed by atoms with Crippen molar-refractivity contribution in [3.05, 3.63) is 34.9 Å². The summed E-state index contributed by atoms with van der Waals surface area (Å²) in [5.74, 6) is 0.740. The lowest BCUT2D eigenvalue weighted by molar-refractivity contribution is -0.127. The summed E-state index contributed by atoms with van der Waals surface area (Å²) in [6, 6.07) is 8.76. The number of likely N-dealkylation sites (tertiary alicyclic amines) is 1. The number of halogens is 1. The molecule has 0 bridgehead atoms. The van der Waals surface area contributed by atoms with E-state index >= 15 is 0 Å². The number of nitrogens with zero attached hydrogens (tertiary/aromatic N) is 3. The molecule has 1 aromatic carbocycles. The van der Waals surface area contributed by atoms with Crippen LogP contribution in [0.2, 0.25) is 5.02 Å². The molecule has 1 saturated heterocycles.